The third-order valence-electron chi connectivity index (χ3n) is 1.48. The van der Waals surface area contributed by atoms with Crippen molar-refractivity contribution in [3.8, 4) is 0 Å². The molecule has 64 valence electrons. The summed E-state index contributed by atoms with van der Waals surface area (Å²) in [5.41, 5.74) is 1.47. The standard InChI is InChI=1S/C7H10.3ClH.V/c1-6-4-3-5-7(6)2;;;;/h3-6H,1-2H3;3*1H;/q;;;;+3/p-3. The predicted octanol–water partition coefficient (Wildman–Crippen LogP) is 4.20. The number of rotatable bonds is 0. The van der Waals surface area contributed by atoms with E-state index in [9.17, 15) is 0 Å². The fourth-order valence-electron chi connectivity index (χ4n) is 0.678. The van der Waals surface area contributed by atoms with Gasteiger partial charge >= 0.3 is 41.8 Å². The number of hydrogen-bond donors (Lipinski definition) is 0. The maximum atomic E-state index is 4.95. The van der Waals surface area contributed by atoms with Crippen LogP contribution in [0.15, 0.2) is 23.8 Å². The molecule has 0 aromatic heterocycles. The molecule has 1 atom stereocenters. The Morgan fingerprint density at radius 1 is 1.36 bits per heavy atom. The van der Waals surface area contributed by atoms with Gasteiger partial charge in [-0.25, -0.2) is 0 Å². The first-order chi connectivity index (χ1) is 5.04. The van der Waals surface area contributed by atoms with Crippen molar-refractivity contribution in [1.29, 1.82) is 0 Å². The second-order valence-electron chi connectivity index (χ2n) is 2.28. The van der Waals surface area contributed by atoms with Gasteiger partial charge in [0.15, 0.2) is 0 Å². The first kappa shape index (κ1) is 11.9. The topological polar surface area (TPSA) is 0 Å². The molecule has 11 heavy (non-hydrogen) atoms. The van der Waals surface area contributed by atoms with E-state index in [0.29, 0.717) is 5.92 Å². The second-order valence-corrected chi connectivity index (χ2v) is 9.20. The van der Waals surface area contributed by atoms with Crippen LogP contribution in [0.3, 0.4) is 0 Å². The summed E-state index contributed by atoms with van der Waals surface area (Å²) in [5.74, 6) is 0.694. The third-order valence-corrected chi connectivity index (χ3v) is 1.48. The first-order valence-corrected chi connectivity index (χ1v) is 8.93. The van der Waals surface area contributed by atoms with Gasteiger partial charge in [0.1, 0.15) is 0 Å². The summed E-state index contributed by atoms with van der Waals surface area (Å²) in [7, 11) is 14.9. The first-order valence-electron chi connectivity index (χ1n) is 3.16. The Kier molecular flexibility index (Phi) is 7.00. The molecule has 0 saturated carbocycles. The number of allylic oxidation sites excluding steroid dienone is 4. The van der Waals surface area contributed by atoms with Crippen LogP contribution in [0.5, 0.6) is 0 Å². The van der Waals surface area contributed by atoms with E-state index in [0.717, 1.165) is 0 Å². The van der Waals surface area contributed by atoms with Crippen LogP contribution in [0.1, 0.15) is 13.8 Å². The minimum atomic E-state index is -1.77. The predicted molar refractivity (Wildman–Crippen MR) is 49.6 cm³/mol. The Hall–Kier alpha value is 0.934. The van der Waals surface area contributed by atoms with Crippen molar-refractivity contribution in [3.05, 3.63) is 23.8 Å². The van der Waals surface area contributed by atoms with E-state index in [1.807, 2.05) is 0 Å². The van der Waals surface area contributed by atoms with Crippen molar-refractivity contribution in [1.82, 2.24) is 0 Å². The molecule has 0 N–H and O–H groups in total. The Labute approximate surface area is 85.1 Å². The van der Waals surface area contributed by atoms with Gasteiger partial charge < -0.3 is 0 Å². The van der Waals surface area contributed by atoms with E-state index in [2.05, 4.69) is 32.1 Å². The van der Waals surface area contributed by atoms with Crippen LogP contribution in [0.4, 0.5) is 0 Å². The van der Waals surface area contributed by atoms with E-state index < -0.39 is 12.3 Å². The molecule has 1 rings (SSSR count). The Balaban J connectivity index is 0.000000218. The monoisotopic (exact) mass is 250 g/mol. The zero-order valence-corrected chi connectivity index (χ0v) is 10.1. The second kappa shape index (κ2) is 6.45. The van der Waals surface area contributed by atoms with E-state index in [1.165, 1.54) is 5.57 Å². The van der Waals surface area contributed by atoms with Gasteiger partial charge in [-0.05, 0) is 12.8 Å². The molecule has 0 amide bonds. The normalized spacial score (nSPS) is 21.3. The quantitative estimate of drug-likeness (QED) is 0.605. The zero-order chi connectivity index (χ0) is 8.85. The number of halogens is 3. The summed E-state index contributed by atoms with van der Waals surface area (Å²) in [4.78, 5) is 0. The van der Waals surface area contributed by atoms with Crippen molar-refractivity contribution in [2.75, 3.05) is 0 Å². The van der Waals surface area contributed by atoms with E-state index in [4.69, 9.17) is 29.5 Å². The fraction of sp³-hybridized carbons (Fsp3) is 0.429. The van der Waals surface area contributed by atoms with Gasteiger partial charge in [-0.2, -0.15) is 0 Å². The molecule has 0 fully saturated rings. The molecule has 0 spiro atoms. The van der Waals surface area contributed by atoms with Crippen molar-refractivity contribution in [3.63, 3.8) is 0 Å². The van der Waals surface area contributed by atoms with Gasteiger partial charge in [0.25, 0.3) is 0 Å². The van der Waals surface area contributed by atoms with Gasteiger partial charge in [-0.15, -0.1) is 0 Å². The molecule has 1 aliphatic carbocycles. The Bertz CT molecular complexity index is 160. The van der Waals surface area contributed by atoms with Crippen LogP contribution in [0.2, 0.25) is 0 Å². The maximum absolute atomic E-state index is 4.95. The van der Waals surface area contributed by atoms with E-state index in [-0.39, 0.29) is 0 Å². The SMILES string of the molecule is CC1=CC=CC1C.[Cl][V]([Cl])[Cl]. The molecular formula is C7H10Cl3V. The molecule has 0 bridgehead atoms. The van der Waals surface area contributed by atoms with Crippen molar-refractivity contribution >= 4 is 29.5 Å². The summed E-state index contributed by atoms with van der Waals surface area (Å²) >= 11 is -1.77. The molecule has 0 nitrogen and oxygen atoms in total. The number of hydrogen-bond acceptors (Lipinski definition) is 0. The van der Waals surface area contributed by atoms with Crippen LogP contribution in [-0.2, 0) is 12.3 Å². The molecule has 1 unspecified atom stereocenters. The third kappa shape index (κ3) is 7.30. The fourth-order valence-corrected chi connectivity index (χ4v) is 0.678. The van der Waals surface area contributed by atoms with Crippen molar-refractivity contribution in [2.45, 2.75) is 13.8 Å². The van der Waals surface area contributed by atoms with Crippen LogP contribution < -0.4 is 0 Å². The summed E-state index contributed by atoms with van der Waals surface area (Å²) in [6, 6.07) is 0. The van der Waals surface area contributed by atoms with Gasteiger partial charge in [0.05, 0.1) is 0 Å². The van der Waals surface area contributed by atoms with Crippen LogP contribution >= 0.6 is 29.5 Å². The molecule has 4 heteroatoms. The molecule has 0 aromatic carbocycles. The summed E-state index contributed by atoms with van der Waals surface area (Å²) in [6.07, 6.45) is 6.47. The van der Waals surface area contributed by atoms with Crippen molar-refractivity contribution < 1.29 is 12.3 Å². The average Bonchev–Trinajstić information content (AvgIpc) is 2.15. The Morgan fingerprint density at radius 2 is 1.82 bits per heavy atom. The molecule has 0 radical (unpaired) electrons. The van der Waals surface area contributed by atoms with Crippen molar-refractivity contribution in [2.24, 2.45) is 5.92 Å². The van der Waals surface area contributed by atoms with Crippen LogP contribution in [0.25, 0.3) is 0 Å². The van der Waals surface area contributed by atoms with Gasteiger partial charge in [-0.1, -0.05) is 30.7 Å². The van der Waals surface area contributed by atoms with Crippen LogP contribution in [-0.4, -0.2) is 0 Å². The van der Waals surface area contributed by atoms with E-state index in [1.54, 1.807) is 0 Å². The van der Waals surface area contributed by atoms with Gasteiger partial charge in [0, 0.05) is 0 Å². The molecule has 0 aliphatic heterocycles. The molecule has 0 aromatic rings. The summed E-state index contributed by atoms with van der Waals surface area (Å²) < 4.78 is 0. The molecule has 0 saturated heterocycles. The average molecular weight is 251 g/mol. The molecule has 1 aliphatic rings. The van der Waals surface area contributed by atoms with E-state index >= 15 is 0 Å². The van der Waals surface area contributed by atoms with Crippen LogP contribution in [0, 0.1) is 5.92 Å². The zero-order valence-electron chi connectivity index (χ0n) is 6.39. The summed E-state index contributed by atoms with van der Waals surface area (Å²) in [6.45, 7) is 4.36. The molecule has 0 heterocycles. The minimum absolute atomic E-state index is 0.694. The Morgan fingerprint density at radius 3 is 1.91 bits per heavy atom. The molecular weight excluding hydrogens is 241 g/mol. The van der Waals surface area contributed by atoms with Gasteiger partial charge in [0.2, 0.25) is 0 Å². The summed E-state index contributed by atoms with van der Waals surface area (Å²) in [5, 5.41) is 0. The van der Waals surface area contributed by atoms with Gasteiger partial charge in [-0.3, -0.25) is 0 Å².